The molecule has 2 aromatic heterocycles. The zero-order chi connectivity index (χ0) is 15.2. The molecule has 116 valence electrons. The van der Waals surface area contributed by atoms with Crippen molar-refractivity contribution in [1.82, 2.24) is 0 Å². The van der Waals surface area contributed by atoms with Gasteiger partial charge in [0.1, 0.15) is 0 Å². The number of thiophene rings is 2. The summed E-state index contributed by atoms with van der Waals surface area (Å²) in [4.78, 5) is 2.85. The van der Waals surface area contributed by atoms with Crippen molar-refractivity contribution in [3.8, 4) is 0 Å². The fraction of sp³-hybridized carbons (Fsp3) is 0.474. The second-order valence-electron chi connectivity index (χ2n) is 7.28. The van der Waals surface area contributed by atoms with Gasteiger partial charge in [0.05, 0.1) is 26.2 Å². The highest BCUT2D eigenvalue weighted by molar-refractivity contribution is 7.13. The Hall–Kier alpha value is -0.900. The maximum Gasteiger partial charge on any atom is 0.0896 e. The van der Waals surface area contributed by atoms with Crippen molar-refractivity contribution in [2.24, 2.45) is 5.92 Å². The first-order valence-electron chi connectivity index (χ1n) is 8.27. The van der Waals surface area contributed by atoms with Gasteiger partial charge in [0, 0.05) is 41.0 Å². The predicted octanol–water partition coefficient (Wildman–Crippen LogP) is 5.26. The van der Waals surface area contributed by atoms with Crippen LogP contribution in [0.1, 0.15) is 35.4 Å². The molecule has 0 amide bonds. The van der Waals surface area contributed by atoms with Crippen molar-refractivity contribution >= 4 is 28.2 Å². The molecule has 0 radical (unpaired) electrons. The molecule has 4 rings (SSSR count). The number of allylic oxidation sites excluding steroid dienone is 1. The molecule has 0 N–H and O–H groups in total. The molecule has 0 aromatic carbocycles. The molecular formula is C19H24NS2+. The maximum absolute atomic E-state index is 2.60. The van der Waals surface area contributed by atoms with E-state index in [1.807, 2.05) is 22.7 Å². The van der Waals surface area contributed by atoms with Gasteiger partial charge in [-0.1, -0.05) is 18.2 Å². The molecule has 2 fully saturated rings. The van der Waals surface area contributed by atoms with Crippen molar-refractivity contribution in [2.75, 3.05) is 14.1 Å². The first kappa shape index (κ1) is 14.7. The summed E-state index contributed by atoms with van der Waals surface area (Å²) >= 11 is 3.74. The zero-order valence-electron chi connectivity index (χ0n) is 13.4. The summed E-state index contributed by atoms with van der Waals surface area (Å²) in [7, 11) is 4.89. The number of piperidine rings is 1. The molecule has 2 bridgehead atoms. The van der Waals surface area contributed by atoms with Gasteiger partial charge in [0.2, 0.25) is 0 Å². The first-order valence-corrected chi connectivity index (χ1v) is 10.0. The second kappa shape index (κ2) is 5.63. The van der Waals surface area contributed by atoms with Gasteiger partial charge in [-0.2, -0.15) is 0 Å². The van der Waals surface area contributed by atoms with E-state index in [-0.39, 0.29) is 0 Å². The van der Waals surface area contributed by atoms with E-state index >= 15 is 0 Å². The molecule has 2 aliphatic rings. The molecule has 2 saturated heterocycles. The number of hydrogen-bond acceptors (Lipinski definition) is 2. The predicted molar refractivity (Wildman–Crippen MR) is 97.4 cm³/mol. The van der Waals surface area contributed by atoms with Crippen molar-refractivity contribution < 1.29 is 4.48 Å². The van der Waals surface area contributed by atoms with E-state index in [1.54, 1.807) is 0 Å². The van der Waals surface area contributed by atoms with E-state index in [0.29, 0.717) is 0 Å². The Morgan fingerprint density at radius 3 is 2.00 bits per heavy atom. The number of fused-ring (bicyclic) bond motifs is 2. The van der Waals surface area contributed by atoms with Crippen LogP contribution in [0, 0.1) is 5.92 Å². The quantitative estimate of drug-likeness (QED) is 0.674. The Labute approximate surface area is 141 Å². The standard InChI is InChI=1S/C19H24NS2/c1-20(2)15-7-8-16(20)12-14(11-15)13-17(18-5-3-9-21-18)19-6-4-10-22-19/h3-6,9-10,13-16H,7-8,11-12H2,1-2H3/q+1/t15-,16-/m1/s1. The summed E-state index contributed by atoms with van der Waals surface area (Å²) in [5, 5.41) is 4.39. The summed E-state index contributed by atoms with van der Waals surface area (Å²) < 4.78 is 1.26. The van der Waals surface area contributed by atoms with Gasteiger partial charge >= 0.3 is 0 Å². The molecule has 0 aliphatic carbocycles. The highest BCUT2D eigenvalue weighted by atomic mass is 32.1. The molecule has 0 spiro atoms. The average Bonchev–Trinajstić information content (AvgIpc) is 3.19. The van der Waals surface area contributed by atoms with E-state index in [0.717, 1.165) is 18.0 Å². The van der Waals surface area contributed by atoms with E-state index in [4.69, 9.17) is 0 Å². The van der Waals surface area contributed by atoms with E-state index < -0.39 is 0 Å². The molecule has 22 heavy (non-hydrogen) atoms. The molecule has 1 nitrogen and oxygen atoms in total. The molecule has 3 heteroatoms. The normalized spacial score (nSPS) is 29.5. The van der Waals surface area contributed by atoms with Crippen LogP contribution < -0.4 is 0 Å². The van der Waals surface area contributed by atoms with Gasteiger partial charge in [0.15, 0.2) is 0 Å². The first-order chi connectivity index (χ1) is 10.6. The van der Waals surface area contributed by atoms with E-state index in [2.05, 4.69) is 55.2 Å². The summed E-state index contributed by atoms with van der Waals surface area (Å²) in [6, 6.07) is 10.6. The van der Waals surface area contributed by atoms with Gasteiger partial charge in [-0.05, 0) is 28.8 Å². The third-order valence-electron chi connectivity index (χ3n) is 5.84. The fourth-order valence-electron chi connectivity index (χ4n) is 4.44. The molecule has 4 heterocycles. The Balaban J connectivity index is 1.65. The lowest BCUT2D eigenvalue weighted by Gasteiger charge is -2.43. The number of nitrogens with zero attached hydrogens (tertiary/aromatic N) is 1. The van der Waals surface area contributed by atoms with Crippen LogP contribution in [0.2, 0.25) is 0 Å². The zero-order valence-corrected chi connectivity index (χ0v) is 15.0. The van der Waals surface area contributed by atoms with Crippen LogP contribution in [0.15, 0.2) is 41.1 Å². The van der Waals surface area contributed by atoms with E-state index in [1.165, 1.54) is 45.5 Å². The minimum atomic E-state index is 0.753. The topological polar surface area (TPSA) is 0 Å². The number of quaternary nitrogens is 1. The molecular weight excluding hydrogens is 306 g/mol. The molecule has 2 atom stereocenters. The largest absolute Gasteiger partial charge is 0.324 e. The summed E-state index contributed by atoms with van der Waals surface area (Å²) in [5.41, 5.74) is 1.47. The lowest BCUT2D eigenvalue weighted by molar-refractivity contribution is -0.931. The highest BCUT2D eigenvalue weighted by Crippen LogP contribution is 2.44. The number of hydrogen-bond donors (Lipinski definition) is 0. The number of rotatable bonds is 3. The SMILES string of the molecule is C[N+]1(C)[C@@H]2CC[C@@H]1CC(C=C(c1cccs1)c1cccs1)C2. The van der Waals surface area contributed by atoms with Crippen LogP contribution >= 0.6 is 22.7 Å². The van der Waals surface area contributed by atoms with Crippen LogP contribution in [-0.4, -0.2) is 30.7 Å². The lowest BCUT2D eigenvalue weighted by Crippen LogP contribution is -2.54. The van der Waals surface area contributed by atoms with Gasteiger partial charge in [-0.25, -0.2) is 0 Å². The van der Waals surface area contributed by atoms with E-state index in [9.17, 15) is 0 Å². The van der Waals surface area contributed by atoms with Crippen molar-refractivity contribution in [3.63, 3.8) is 0 Å². The Morgan fingerprint density at radius 1 is 1.00 bits per heavy atom. The average molecular weight is 331 g/mol. The van der Waals surface area contributed by atoms with Crippen LogP contribution in [0.25, 0.3) is 5.57 Å². The van der Waals surface area contributed by atoms with Crippen LogP contribution in [0.4, 0.5) is 0 Å². The molecule has 2 aromatic rings. The minimum absolute atomic E-state index is 0.753. The highest BCUT2D eigenvalue weighted by Gasteiger charge is 2.48. The fourth-order valence-corrected chi connectivity index (χ4v) is 6.04. The summed E-state index contributed by atoms with van der Waals surface area (Å²) in [5.74, 6) is 0.753. The van der Waals surface area contributed by atoms with Crippen molar-refractivity contribution in [1.29, 1.82) is 0 Å². The monoisotopic (exact) mass is 330 g/mol. The van der Waals surface area contributed by atoms with Crippen LogP contribution in [0.3, 0.4) is 0 Å². The second-order valence-corrected chi connectivity index (χ2v) is 9.18. The Kier molecular flexibility index (Phi) is 3.75. The van der Waals surface area contributed by atoms with Gasteiger partial charge < -0.3 is 4.48 Å². The maximum atomic E-state index is 2.60. The van der Waals surface area contributed by atoms with Crippen LogP contribution in [-0.2, 0) is 0 Å². The Bertz CT molecular complexity index is 599. The third-order valence-corrected chi connectivity index (χ3v) is 7.65. The van der Waals surface area contributed by atoms with Gasteiger partial charge in [0.25, 0.3) is 0 Å². The van der Waals surface area contributed by atoms with Gasteiger partial charge in [-0.3, -0.25) is 0 Å². The Morgan fingerprint density at radius 2 is 1.55 bits per heavy atom. The summed E-state index contributed by atoms with van der Waals surface area (Å²) in [6.07, 6.45) is 8.18. The molecule has 2 aliphatic heterocycles. The van der Waals surface area contributed by atoms with Gasteiger partial charge in [-0.15, -0.1) is 22.7 Å². The minimum Gasteiger partial charge on any atom is -0.324 e. The molecule has 0 unspecified atom stereocenters. The van der Waals surface area contributed by atoms with Crippen molar-refractivity contribution in [2.45, 2.75) is 37.8 Å². The third kappa shape index (κ3) is 2.49. The van der Waals surface area contributed by atoms with Crippen LogP contribution in [0.5, 0.6) is 0 Å². The smallest absolute Gasteiger partial charge is 0.0896 e. The van der Waals surface area contributed by atoms with Crippen molar-refractivity contribution in [3.05, 3.63) is 50.9 Å². The molecule has 0 saturated carbocycles. The lowest BCUT2D eigenvalue weighted by atomic mass is 9.87. The summed E-state index contributed by atoms with van der Waals surface area (Å²) in [6.45, 7) is 0.